The largest absolute Gasteiger partial charge is 0.376 e. The van der Waals surface area contributed by atoms with Gasteiger partial charge in [0.25, 0.3) is 0 Å². The number of sulfone groups is 1. The molecule has 6 heteroatoms. The first-order chi connectivity index (χ1) is 10.4. The maximum atomic E-state index is 12.6. The molecule has 1 aromatic rings. The van der Waals surface area contributed by atoms with Gasteiger partial charge in [-0.1, -0.05) is 30.3 Å². The molecule has 0 unspecified atom stereocenters. The summed E-state index contributed by atoms with van der Waals surface area (Å²) in [5.41, 5.74) is 0.981. The average Bonchev–Trinajstić information content (AvgIpc) is 2.98. The Labute approximate surface area is 132 Å². The molecule has 2 rings (SSSR count). The number of hydrogen-bond donors (Lipinski definition) is 0. The van der Waals surface area contributed by atoms with Crippen LogP contribution in [0.5, 0.6) is 0 Å². The Morgan fingerprint density at radius 1 is 1.36 bits per heavy atom. The summed E-state index contributed by atoms with van der Waals surface area (Å²) in [6.07, 6.45) is 2.99. The zero-order valence-electron chi connectivity index (χ0n) is 13.1. The monoisotopic (exact) mass is 325 g/mol. The van der Waals surface area contributed by atoms with E-state index >= 15 is 0 Å². The highest BCUT2D eigenvalue weighted by atomic mass is 32.2. The van der Waals surface area contributed by atoms with Crippen LogP contribution in [0.4, 0.5) is 0 Å². The first-order valence-electron chi connectivity index (χ1n) is 7.51. The third-order valence-corrected chi connectivity index (χ3v) is 5.45. The van der Waals surface area contributed by atoms with Crippen molar-refractivity contribution >= 4 is 15.7 Å². The fourth-order valence-corrected chi connectivity index (χ4v) is 3.03. The first-order valence-corrected chi connectivity index (χ1v) is 9.46. The summed E-state index contributed by atoms with van der Waals surface area (Å²) in [5, 5.41) is -1.03. The van der Waals surface area contributed by atoms with Crippen molar-refractivity contribution in [3.8, 4) is 0 Å². The molecule has 122 valence electrons. The van der Waals surface area contributed by atoms with E-state index < -0.39 is 15.1 Å². The van der Waals surface area contributed by atoms with E-state index in [1.165, 1.54) is 6.92 Å². The molecule has 1 aliphatic rings. The van der Waals surface area contributed by atoms with Gasteiger partial charge in [0.2, 0.25) is 5.91 Å². The van der Waals surface area contributed by atoms with Crippen LogP contribution in [-0.4, -0.2) is 50.0 Å². The predicted molar refractivity (Wildman–Crippen MR) is 85.1 cm³/mol. The quantitative estimate of drug-likeness (QED) is 0.797. The number of carbonyl (C=O) groups excluding carboxylic acids is 1. The minimum Gasteiger partial charge on any atom is -0.376 e. The van der Waals surface area contributed by atoms with E-state index in [0.717, 1.165) is 24.7 Å². The van der Waals surface area contributed by atoms with Crippen molar-refractivity contribution in [1.82, 2.24) is 4.90 Å². The van der Waals surface area contributed by atoms with E-state index in [2.05, 4.69) is 0 Å². The van der Waals surface area contributed by atoms with Gasteiger partial charge in [-0.3, -0.25) is 4.79 Å². The fraction of sp³-hybridized carbons (Fsp3) is 0.562. The van der Waals surface area contributed by atoms with Gasteiger partial charge in [-0.15, -0.1) is 0 Å². The van der Waals surface area contributed by atoms with Crippen LogP contribution in [0, 0.1) is 0 Å². The topological polar surface area (TPSA) is 63.7 Å². The van der Waals surface area contributed by atoms with E-state index in [4.69, 9.17) is 4.74 Å². The van der Waals surface area contributed by atoms with Crippen LogP contribution in [0.25, 0.3) is 0 Å². The highest BCUT2D eigenvalue weighted by Crippen LogP contribution is 2.17. The molecule has 1 fully saturated rings. The number of rotatable bonds is 6. The van der Waals surface area contributed by atoms with Crippen molar-refractivity contribution in [2.45, 2.75) is 37.7 Å². The van der Waals surface area contributed by atoms with Crippen molar-refractivity contribution in [2.24, 2.45) is 0 Å². The van der Waals surface area contributed by atoms with Crippen LogP contribution >= 0.6 is 0 Å². The molecule has 1 saturated heterocycles. The molecular weight excluding hydrogens is 302 g/mol. The Morgan fingerprint density at radius 2 is 2.05 bits per heavy atom. The molecule has 0 aromatic heterocycles. The SMILES string of the molecule is C[C@@H](C(=O)N(Cc1ccccc1)C[C@H]1CCCO1)S(C)(=O)=O. The van der Waals surface area contributed by atoms with Crippen molar-refractivity contribution < 1.29 is 17.9 Å². The summed E-state index contributed by atoms with van der Waals surface area (Å²) in [4.78, 5) is 14.2. The molecule has 0 saturated carbocycles. The van der Waals surface area contributed by atoms with Gasteiger partial charge in [0.05, 0.1) is 6.10 Å². The van der Waals surface area contributed by atoms with Crippen LogP contribution < -0.4 is 0 Å². The number of carbonyl (C=O) groups is 1. The van der Waals surface area contributed by atoms with Crippen molar-refractivity contribution in [1.29, 1.82) is 0 Å². The van der Waals surface area contributed by atoms with Gasteiger partial charge in [-0.25, -0.2) is 8.42 Å². The first kappa shape index (κ1) is 17.0. The van der Waals surface area contributed by atoms with E-state index in [1.807, 2.05) is 30.3 Å². The van der Waals surface area contributed by atoms with Crippen molar-refractivity contribution in [3.05, 3.63) is 35.9 Å². The van der Waals surface area contributed by atoms with Gasteiger partial charge in [0.15, 0.2) is 9.84 Å². The number of benzene rings is 1. The van der Waals surface area contributed by atoms with Crippen molar-refractivity contribution in [3.63, 3.8) is 0 Å². The molecule has 0 spiro atoms. The molecule has 0 aliphatic carbocycles. The standard InChI is InChI=1S/C16H23NO4S/c1-13(22(2,19)20)16(18)17(12-15-9-6-10-21-15)11-14-7-4-3-5-8-14/h3-5,7-8,13,15H,6,9-12H2,1-2H3/t13-,15+/m0/s1. The number of ether oxygens (including phenoxy) is 1. The maximum Gasteiger partial charge on any atom is 0.240 e. The third kappa shape index (κ3) is 4.55. The van der Waals surface area contributed by atoms with Gasteiger partial charge < -0.3 is 9.64 Å². The van der Waals surface area contributed by atoms with E-state index in [1.54, 1.807) is 4.90 Å². The van der Waals surface area contributed by atoms with Crippen LogP contribution in [0.3, 0.4) is 0 Å². The normalized spacial score (nSPS) is 19.8. The molecular formula is C16H23NO4S. The van der Waals surface area contributed by atoms with E-state index in [-0.39, 0.29) is 12.0 Å². The summed E-state index contributed by atoms with van der Waals surface area (Å²) in [5.74, 6) is -0.359. The Hall–Kier alpha value is -1.40. The molecule has 5 nitrogen and oxygen atoms in total. The summed E-state index contributed by atoms with van der Waals surface area (Å²) >= 11 is 0. The lowest BCUT2D eigenvalue weighted by molar-refractivity contribution is -0.132. The molecule has 0 N–H and O–H groups in total. The lowest BCUT2D eigenvalue weighted by Gasteiger charge is -2.27. The summed E-state index contributed by atoms with van der Waals surface area (Å²) < 4.78 is 29.0. The summed E-state index contributed by atoms with van der Waals surface area (Å²) in [7, 11) is -3.40. The van der Waals surface area contributed by atoms with Crippen LogP contribution in [-0.2, 0) is 25.9 Å². The molecule has 0 bridgehead atoms. The minimum atomic E-state index is -3.40. The molecule has 0 radical (unpaired) electrons. The third-order valence-electron chi connectivity index (χ3n) is 3.97. The lowest BCUT2D eigenvalue weighted by atomic mass is 10.1. The Balaban J connectivity index is 2.14. The zero-order chi connectivity index (χ0) is 16.2. The van der Waals surface area contributed by atoms with Gasteiger partial charge in [-0.2, -0.15) is 0 Å². The molecule has 1 aliphatic heterocycles. The lowest BCUT2D eigenvalue weighted by Crippen LogP contribution is -2.44. The highest BCUT2D eigenvalue weighted by Gasteiger charge is 2.30. The van der Waals surface area contributed by atoms with Crippen LogP contribution in [0.1, 0.15) is 25.3 Å². The van der Waals surface area contributed by atoms with Gasteiger partial charge in [-0.05, 0) is 25.3 Å². The van der Waals surface area contributed by atoms with Crippen LogP contribution in [0.15, 0.2) is 30.3 Å². The Bertz CT molecular complexity index is 594. The van der Waals surface area contributed by atoms with Crippen molar-refractivity contribution in [2.75, 3.05) is 19.4 Å². The predicted octanol–water partition coefficient (Wildman–Crippen LogP) is 1.63. The van der Waals surface area contributed by atoms with Gasteiger partial charge >= 0.3 is 0 Å². The van der Waals surface area contributed by atoms with Crippen LogP contribution in [0.2, 0.25) is 0 Å². The van der Waals surface area contributed by atoms with Gasteiger partial charge in [0, 0.05) is 26.0 Å². The van der Waals surface area contributed by atoms with E-state index in [0.29, 0.717) is 19.7 Å². The second kappa shape index (κ2) is 7.24. The summed E-state index contributed by atoms with van der Waals surface area (Å²) in [6.45, 7) is 3.00. The molecule has 1 heterocycles. The number of hydrogen-bond acceptors (Lipinski definition) is 4. The second-order valence-corrected chi connectivity index (χ2v) is 8.18. The minimum absolute atomic E-state index is 0.000535. The molecule has 1 amide bonds. The second-order valence-electron chi connectivity index (χ2n) is 5.81. The Kier molecular flexibility index (Phi) is 5.58. The molecule has 22 heavy (non-hydrogen) atoms. The highest BCUT2D eigenvalue weighted by molar-refractivity contribution is 7.92. The summed E-state index contributed by atoms with van der Waals surface area (Å²) in [6, 6.07) is 9.59. The fourth-order valence-electron chi connectivity index (χ4n) is 2.51. The average molecular weight is 325 g/mol. The zero-order valence-corrected chi connectivity index (χ0v) is 13.9. The number of amides is 1. The Morgan fingerprint density at radius 3 is 2.59 bits per heavy atom. The smallest absolute Gasteiger partial charge is 0.240 e. The van der Waals surface area contributed by atoms with Gasteiger partial charge in [0.1, 0.15) is 5.25 Å². The molecule has 1 aromatic carbocycles. The van der Waals surface area contributed by atoms with E-state index in [9.17, 15) is 13.2 Å². The number of nitrogens with zero attached hydrogens (tertiary/aromatic N) is 1. The molecule has 2 atom stereocenters. The maximum absolute atomic E-state index is 12.6.